The molecule has 1 aliphatic rings. The fourth-order valence-corrected chi connectivity index (χ4v) is 4.92. The van der Waals surface area contributed by atoms with E-state index in [2.05, 4.69) is 4.90 Å². The highest BCUT2D eigenvalue weighted by molar-refractivity contribution is 7.89. The molecule has 1 aliphatic heterocycles. The smallest absolute Gasteiger partial charge is 0.244 e. The van der Waals surface area contributed by atoms with Gasteiger partial charge in [-0.15, -0.1) is 22.9 Å². The van der Waals surface area contributed by atoms with Gasteiger partial charge in [-0.1, -0.05) is 0 Å². The number of thiophene rings is 1. The minimum absolute atomic E-state index is 0.250. The highest BCUT2D eigenvalue weighted by Crippen LogP contribution is 2.27. The van der Waals surface area contributed by atoms with Crippen molar-refractivity contribution in [2.24, 2.45) is 0 Å². The molecule has 7 heteroatoms. The van der Waals surface area contributed by atoms with Crippen LogP contribution in [0.2, 0.25) is 0 Å². The Labute approximate surface area is 111 Å². The second kappa shape index (κ2) is 5.24. The Balaban J connectivity index is 2.25. The largest absolute Gasteiger partial charge is 0.304 e. The molecular weight excluding hydrogens is 280 g/mol. The number of sulfonamides is 1. The molecule has 2 rings (SSSR count). The maximum Gasteiger partial charge on any atom is 0.244 e. The number of piperazine rings is 1. The molecule has 0 saturated carbocycles. The van der Waals surface area contributed by atoms with Crippen molar-refractivity contribution in [3.8, 4) is 0 Å². The van der Waals surface area contributed by atoms with Gasteiger partial charge in [-0.2, -0.15) is 4.31 Å². The molecule has 1 aromatic heterocycles. The third-order valence-corrected chi connectivity index (χ3v) is 6.37. The first-order chi connectivity index (χ1) is 8.05. The number of halogens is 1. The average Bonchev–Trinajstić information content (AvgIpc) is 2.78. The summed E-state index contributed by atoms with van der Waals surface area (Å²) in [7, 11) is -1.35. The molecule has 96 valence electrons. The van der Waals surface area contributed by atoms with Crippen molar-refractivity contribution in [3.05, 3.63) is 16.3 Å². The van der Waals surface area contributed by atoms with E-state index in [4.69, 9.17) is 11.6 Å². The topological polar surface area (TPSA) is 40.6 Å². The second-order valence-corrected chi connectivity index (χ2v) is 7.22. The summed E-state index contributed by atoms with van der Waals surface area (Å²) in [6, 6.07) is 1.65. The monoisotopic (exact) mass is 294 g/mol. The molecule has 0 aromatic carbocycles. The fraction of sp³-hybridized carbons (Fsp3) is 0.600. The zero-order chi connectivity index (χ0) is 12.5. The molecule has 0 aliphatic carbocycles. The van der Waals surface area contributed by atoms with Crippen molar-refractivity contribution < 1.29 is 8.42 Å². The van der Waals surface area contributed by atoms with Gasteiger partial charge >= 0.3 is 0 Å². The van der Waals surface area contributed by atoms with Gasteiger partial charge in [0, 0.05) is 31.1 Å². The molecule has 0 radical (unpaired) electrons. The standard InChI is InChI=1S/C10H15ClN2O2S2/c1-12-3-5-13(6-4-12)17(14,15)10-2-7-16-9(10)8-11/h2,7H,3-6,8H2,1H3. The van der Waals surface area contributed by atoms with Crippen molar-refractivity contribution in [1.29, 1.82) is 0 Å². The zero-order valence-electron chi connectivity index (χ0n) is 9.60. The Kier molecular flexibility index (Phi) is 4.10. The predicted octanol–water partition coefficient (Wildman–Crippen LogP) is 1.42. The van der Waals surface area contributed by atoms with Gasteiger partial charge < -0.3 is 4.90 Å². The van der Waals surface area contributed by atoms with Gasteiger partial charge in [0.05, 0.1) is 10.8 Å². The molecule has 1 aromatic rings. The average molecular weight is 295 g/mol. The molecular formula is C10H15ClN2O2S2. The summed E-state index contributed by atoms with van der Waals surface area (Å²) >= 11 is 7.15. The van der Waals surface area contributed by atoms with Gasteiger partial charge in [0.15, 0.2) is 0 Å². The molecule has 1 saturated heterocycles. The maximum atomic E-state index is 12.4. The number of nitrogens with zero attached hydrogens (tertiary/aromatic N) is 2. The lowest BCUT2D eigenvalue weighted by Gasteiger charge is -2.31. The summed E-state index contributed by atoms with van der Waals surface area (Å²) in [5.41, 5.74) is 0. The number of alkyl halides is 1. The van der Waals surface area contributed by atoms with Gasteiger partial charge in [0.2, 0.25) is 10.0 Å². The van der Waals surface area contributed by atoms with E-state index in [0.717, 1.165) is 18.0 Å². The molecule has 4 nitrogen and oxygen atoms in total. The van der Waals surface area contributed by atoms with E-state index in [1.165, 1.54) is 11.3 Å². The predicted molar refractivity (Wildman–Crippen MR) is 70.1 cm³/mol. The van der Waals surface area contributed by atoms with Crippen LogP contribution in [0, 0.1) is 0 Å². The lowest BCUT2D eigenvalue weighted by atomic mass is 10.4. The van der Waals surface area contributed by atoms with Gasteiger partial charge in [-0.05, 0) is 18.5 Å². The Morgan fingerprint density at radius 1 is 1.35 bits per heavy atom. The van der Waals surface area contributed by atoms with E-state index in [9.17, 15) is 8.42 Å². The van der Waals surface area contributed by atoms with Gasteiger partial charge in [0.1, 0.15) is 0 Å². The highest BCUT2D eigenvalue weighted by atomic mass is 35.5. The third-order valence-electron chi connectivity index (χ3n) is 2.91. The summed E-state index contributed by atoms with van der Waals surface area (Å²) in [6.07, 6.45) is 0. The van der Waals surface area contributed by atoms with Crippen LogP contribution >= 0.6 is 22.9 Å². The fourth-order valence-electron chi connectivity index (χ4n) is 1.82. The first-order valence-corrected chi connectivity index (χ1v) is 8.22. The first kappa shape index (κ1) is 13.3. The lowest BCUT2D eigenvalue weighted by molar-refractivity contribution is 0.222. The van der Waals surface area contributed by atoms with Gasteiger partial charge in [-0.25, -0.2) is 8.42 Å². The number of rotatable bonds is 3. The molecule has 0 spiro atoms. The first-order valence-electron chi connectivity index (χ1n) is 5.36. The van der Waals surface area contributed by atoms with Crippen molar-refractivity contribution in [2.75, 3.05) is 33.2 Å². The molecule has 0 unspecified atom stereocenters. The SMILES string of the molecule is CN1CCN(S(=O)(=O)c2ccsc2CCl)CC1. The van der Waals surface area contributed by atoms with E-state index in [0.29, 0.717) is 18.0 Å². The number of likely N-dealkylation sites (N-methyl/N-ethyl adjacent to an activating group) is 1. The van der Waals surface area contributed by atoms with Crippen LogP contribution in [-0.4, -0.2) is 50.8 Å². The van der Waals surface area contributed by atoms with Crippen LogP contribution in [0.4, 0.5) is 0 Å². The number of hydrogen-bond donors (Lipinski definition) is 0. The summed E-state index contributed by atoms with van der Waals surface area (Å²) in [6.45, 7) is 2.66. The molecule has 0 N–H and O–H groups in total. The zero-order valence-corrected chi connectivity index (χ0v) is 12.0. The second-order valence-electron chi connectivity index (χ2n) is 4.05. The summed E-state index contributed by atoms with van der Waals surface area (Å²) in [4.78, 5) is 3.23. The van der Waals surface area contributed by atoms with Crippen molar-refractivity contribution in [1.82, 2.24) is 9.21 Å². The van der Waals surface area contributed by atoms with E-state index in [1.54, 1.807) is 15.8 Å². The van der Waals surface area contributed by atoms with E-state index in [1.807, 2.05) is 7.05 Å². The minimum Gasteiger partial charge on any atom is -0.304 e. The third kappa shape index (κ3) is 2.66. The molecule has 0 atom stereocenters. The number of hydrogen-bond acceptors (Lipinski definition) is 4. The summed E-state index contributed by atoms with van der Waals surface area (Å²) in [5, 5.41) is 1.78. The van der Waals surface area contributed by atoms with Gasteiger partial charge in [-0.3, -0.25) is 0 Å². The van der Waals surface area contributed by atoms with Crippen LogP contribution in [0.15, 0.2) is 16.3 Å². The molecule has 17 heavy (non-hydrogen) atoms. The normalized spacial score (nSPS) is 19.6. The van der Waals surface area contributed by atoms with Crippen molar-refractivity contribution >= 4 is 33.0 Å². The van der Waals surface area contributed by atoms with E-state index >= 15 is 0 Å². The van der Waals surface area contributed by atoms with Crippen LogP contribution in [0.3, 0.4) is 0 Å². The highest BCUT2D eigenvalue weighted by Gasteiger charge is 2.29. The lowest BCUT2D eigenvalue weighted by Crippen LogP contribution is -2.47. The van der Waals surface area contributed by atoms with Crippen LogP contribution < -0.4 is 0 Å². The molecule has 0 amide bonds. The van der Waals surface area contributed by atoms with Crippen LogP contribution in [0.1, 0.15) is 4.88 Å². The van der Waals surface area contributed by atoms with Crippen LogP contribution in [-0.2, 0) is 15.9 Å². The quantitative estimate of drug-likeness (QED) is 0.792. The summed E-state index contributed by atoms with van der Waals surface area (Å²) in [5.74, 6) is 0.250. The molecule has 1 fully saturated rings. The molecule has 2 heterocycles. The molecule has 0 bridgehead atoms. The Bertz CT molecular complexity index is 478. The Morgan fingerprint density at radius 2 is 2.00 bits per heavy atom. The summed E-state index contributed by atoms with van der Waals surface area (Å²) < 4.78 is 26.3. The maximum absolute atomic E-state index is 12.4. The van der Waals surface area contributed by atoms with Crippen LogP contribution in [0.5, 0.6) is 0 Å². The van der Waals surface area contributed by atoms with Crippen molar-refractivity contribution in [2.45, 2.75) is 10.8 Å². The van der Waals surface area contributed by atoms with E-state index in [-0.39, 0.29) is 5.88 Å². The van der Waals surface area contributed by atoms with Crippen LogP contribution in [0.25, 0.3) is 0 Å². The van der Waals surface area contributed by atoms with E-state index < -0.39 is 10.0 Å². The minimum atomic E-state index is -3.35. The Morgan fingerprint density at radius 3 is 2.59 bits per heavy atom. The Hall–Kier alpha value is -0.140. The van der Waals surface area contributed by atoms with Crippen molar-refractivity contribution in [3.63, 3.8) is 0 Å². The van der Waals surface area contributed by atoms with Gasteiger partial charge in [0.25, 0.3) is 0 Å².